The molecule has 1 aromatic carbocycles. The van der Waals surface area contributed by atoms with Crippen LogP contribution in [0, 0.1) is 5.92 Å². The Balaban J connectivity index is 1.74. The number of amides is 2. The van der Waals surface area contributed by atoms with Crippen LogP contribution in [-0.4, -0.2) is 18.4 Å². The number of hydrogen-bond acceptors (Lipinski definition) is 2. The number of hydrogen-bond donors (Lipinski definition) is 1. The largest absolute Gasteiger partial charge is 0.326 e. The first kappa shape index (κ1) is 11.9. The van der Waals surface area contributed by atoms with E-state index in [2.05, 4.69) is 11.4 Å². The van der Waals surface area contributed by atoms with Gasteiger partial charge in [-0.2, -0.15) is 0 Å². The highest BCUT2D eigenvalue weighted by atomic mass is 16.2. The maximum absolute atomic E-state index is 12.3. The van der Waals surface area contributed by atoms with Gasteiger partial charge < -0.3 is 10.2 Å². The highest BCUT2D eigenvalue weighted by Gasteiger charge is 2.38. The quantitative estimate of drug-likeness (QED) is 0.897. The third kappa shape index (κ3) is 1.67. The lowest BCUT2D eigenvalue weighted by atomic mass is 9.96. The van der Waals surface area contributed by atoms with Crippen molar-refractivity contribution in [3.8, 4) is 0 Å². The smallest absolute Gasteiger partial charge is 0.234 e. The molecule has 0 aromatic heterocycles. The van der Waals surface area contributed by atoms with Gasteiger partial charge in [0.2, 0.25) is 11.8 Å². The van der Waals surface area contributed by atoms with Gasteiger partial charge in [-0.15, -0.1) is 0 Å². The molecule has 4 heteroatoms. The van der Waals surface area contributed by atoms with Crippen molar-refractivity contribution in [1.82, 2.24) is 0 Å². The van der Waals surface area contributed by atoms with Gasteiger partial charge in [0.25, 0.3) is 0 Å². The molecule has 1 atom stereocenters. The average Bonchev–Trinajstić information content (AvgIpc) is 3.25. The molecule has 2 heterocycles. The molecule has 2 aliphatic heterocycles. The molecule has 1 fully saturated rings. The molecule has 0 unspecified atom stereocenters. The molecule has 3 aliphatic rings. The van der Waals surface area contributed by atoms with E-state index in [4.69, 9.17) is 0 Å². The zero-order valence-electron chi connectivity index (χ0n) is 11.6. The van der Waals surface area contributed by atoms with Crippen LogP contribution in [0.15, 0.2) is 12.1 Å². The highest BCUT2D eigenvalue weighted by Crippen LogP contribution is 2.44. The molecule has 1 saturated carbocycles. The van der Waals surface area contributed by atoms with Gasteiger partial charge in [-0.3, -0.25) is 9.59 Å². The van der Waals surface area contributed by atoms with E-state index in [-0.39, 0.29) is 23.7 Å². The fourth-order valence-electron chi connectivity index (χ4n) is 3.36. The van der Waals surface area contributed by atoms with Crippen LogP contribution in [0.2, 0.25) is 0 Å². The Hall–Kier alpha value is -1.84. The van der Waals surface area contributed by atoms with E-state index in [1.165, 1.54) is 5.56 Å². The van der Waals surface area contributed by atoms with Gasteiger partial charge in [0.1, 0.15) is 0 Å². The number of carbonyl (C=O) groups is 2. The number of carbonyl (C=O) groups excluding carboxylic acids is 2. The molecule has 2 amide bonds. The first-order chi connectivity index (χ1) is 9.65. The lowest BCUT2D eigenvalue weighted by Gasteiger charge is -2.26. The summed E-state index contributed by atoms with van der Waals surface area (Å²) in [6.07, 6.45) is 4.01. The molecule has 0 radical (unpaired) electrons. The zero-order valence-corrected chi connectivity index (χ0v) is 11.6. The van der Waals surface area contributed by atoms with Crippen molar-refractivity contribution >= 4 is 23.2 Å². The molecular formula is C16H18N2O2. The van der Waals surface area contributed by atoms with Crippen LogP contribution in [-0.2, 0) is 16.0 Å². The predicted molar refractivity (Wildman–Crippen MR) is 76.9 cm³/mol. The summed E-state index contributed by atoms with van der Waals surface area (Å²) in [6, 6.07) is 4.05. The van der Waals surface area contributed by atoms with Crippen molar-refractivity contribution in [3.05, 3.63) is 23.3 Å². The van der Waals surface area contributed by atoms with E-state index in [1.807, 2.05) is 17.9 Å². The molecule has 0 saturated heterocycles. The van der Waals surface area contributed by atoms with Crippen LogP contribution >= 0.6 is 0 Å². The second kappa shape index (κ2) is 4.08. The molecule has 1 aromatic rings. The van der Waals surface area contributed by atoms with E-state index >= 15 is 0 Å². The minimum atomic E-state index is -0.0837. The maximum Gasteiger partial charge on any atom is 0.234 e. The summed E-state index contributed by atoms with van der Waals surface area (Å²) in [6.45, 7) is 2.79. The molecule has 0 spiro atoms. The second-order valence-electron chi connectivity index (χ2n) is 6.15. The van der Waals surface area contributed by atoms with Gasteiger partial charge in [0.15, 0.2) is 0 Å². The van der Waals surface area contributed by atoms with Crippen LogP contribution in [0.1, 0.15) is 43.2 Å². The van der Waals surface area contributed by atoms with Gasteiger partial charge >= 0.3 is 0 Å². The number of anilines is 2. The van der Waals surface area contributed by atoms with Crippen molar-refractivity contribution in [2.24, 2.45) is 5.92 Å². The first-order valence-corrected chi connectivity index (χ1v) is 7.44. The Kier molecular flexibility index (Phi) is 2.43. The third-order valence-corrected chi connectivity index (χ3v) is 4.63. The summed E-state index contributed by atoms with van der Waals surface area (Å²) in [7, 11) is 0. The van der Waals surface area contributed by atoms with Gasteiger partial charge in [-0.1, -0.05) is 0 Å². The molecule has 4 rings (SSSR count). The summed E-state index contributed by atoms with van der Waals surface area (Å²) in [5.41, 5.74) is 4.26. The predicted octanol–water partition coefficient (Wildman–Crippen LogP) is 2.43. The van der Waals surface area contributed by atoms with Gasteiger partial charge in [0.05, 0.1) is 11.6 Å². The molecule has 1 aliphatic carbocycles. The second-order valence-corrected chi connectivity index (χ2v) is 6.15. The molecular weight excluding hydrogens is 252 g/mol. The standard InChI is InChI=1S/C16H18N2O2/c1-9-13-8-12(17-15(19)10-4-5-10)7-11-3-2-6-18(14(11)13)16(9)20/h7-10H,2-6H2,1H3,(H,17,19)/t9-/m0/s1. The minimum Gasteiger partial charge on any atom is -0.326 e. The van der Waals surface area contributed by atoms with Crippen molar-refractivity contribution in [2.45, 2.75) is 38.5 Å². The molecule has 4 nitrogen and oxygen atoms in total. The van der Waals surface area contributed by atoms with Crippen LogP contribution < -0.4 is 10.2 Å². The van der Waals surface area contributed by atoms with E-state index in [0.717, 1.165) is 49.2 Å². The molecule has 1 N–H and O–H groups in total. The Bertz CT molecular complexity index is 619. The van der Waals surface area contributed by atoms with E-state index in [1.54, 1.807) is 0 Å². The van der Waals surface area contributed by atoms with Crippen molar-refractivity contribution in [3.63, 3.8) is 0 Å². The lowest BCUT2D eigenvalue weighted by Crippen LogP contribution is -2.32. The van der Waals surface area contributed by atoms with E-state index < -0.39 is 0 Å². The molecule has 0 bridgehead atoms. The van der Waals surface area contributed by atoms with Gasteiger partial charge in [-0.25, -0.2) is 0 Å². The summed E-state index contributed by atoms with van der Waals surface area (Å²) in [5, 5.41) is 3.01. The number of benzene rings is 1. The zero-order chi connectivity index (χ0) is 13.9. The van der Waals surface area contributed by atoms with E-state index in [0.29, 0.717) is 0 Å². The van der Waals surface area contributed by atoms with Crippen LogP contribution in [0.5, 0.6) is 0 Å². The normalized spacial score (nSPS) is 23.8. The topological polar surface area (TPSA) is 49.4 Å². The number of rotatable bonds is 2. The highest BCUT2D eigenvalue weighted by molar-refractivity contribution is 6.07. The number of nitrogens with zero attached hydrogens (tertiary/aromatic N) is 1. The Morgan fingerprint density at radius 2 is 2.15 bits per heavy atom. The molecule has 20 heavy (non-hydrogen) atoms. The van der Waals surface area contributed by atoms with Crippen LogP contribution in [0.4, 0.5) is 11.4 Å². The fourth-order valence-corrected chi connectivity index (χ4v) is 3.36. The fraction of sp³-hybridized carbons (Fsp3) is 0.500. The van der Waals surface area contributed by atoms with Gasteiger partial charge in [-0.05, 0) is 55.9 Å². The van der Waals surface area contributed by atoms with Crippen molar-refractivity contribution < 1.29 is 9.59 Å². The Morgan fingerprint density at radius 1 is 1.35 bits per heavy atom. The number of nitrogens with one attached hydrogen (secondary N) is 1. The summed E-state index contributed by atoms with van der Waals surface area (Å²) < 4.78 is 0. The van der Waals surface area contributed by atoms with Gasteiger partial charge in [0, 0.05) is 18.2 Å². The first-order valence-electron chi connectivity index (χ1n) is 7.44. The summed E-state index contributed by atoms with van der Waals surface area (Å²) in [5.74, 6) is 0.447. The average molecular weight is 270 g/mol. The Labute approximate surface area is 118 Å². The lowest BCUT2D eigenvalue weighted by molar-refractivity contribution is -0.119. The SMILES string of the molecule is C[C@@H]1C(=O)N2CCCc3cc(NC(=O)C4CC4)cc1c32. The summed E-state index contributed by atoms with van der Waals surface area (Å²) >= 11 is 0. The van der Waals surface area contributed by atoms with Crippen molar-refractivity contribution in [2.75, 3.05) is 16.8 Å². The maximum atomic E-state index is 12.3. The van der Waals surface area contributed by atoms with Crippen molar-refractivity contribution in [1.29, 1.82) is 0 Å². The third-order valence-electron chi connectivity index (χ3n) is 4.63. The minimum absolute atomic E-state index is 0.0837. The number of aryl methyl sites for hydroxylation is 1. The monoisotopic (exact) mass is 270 g/mol. The van der Waals surface area contributed by atoms with Crippen LogP contribution in [0.25, 0.3) is 0 Å². The Morgan fingerprint density at radius 3 is 2.90 bits per heavy atom. The molecule has 104 valence electrons. The van der Waals surface area contributed by atoms with Crippen LogP contribution in [0.3, 0.4) is 0 Å². The van der Waals surface area contributed by atoms with E-state index in [9.17, 15) is 9.59 Å². The summed E-state index contributed by atoms with van der Waals surface area (Å²) in [4.78, 5) is 26.1.